The molecule has 2 N–H and O–H groups in total. The molecule has 3 fully saturated rings. The third-order valence-electron chi connectivity index (χ3n) is 3.62. The van der Waals surface area contributed by atoms with Crippen LogP contribution in [0.25, 0.3) is 0 Å². The second-order valence-corrected chi connectivity index (χ2v) is 4.39. The molecule has 1 aliphatic carbocycles. The predicted octanol–water partition coefficient (Wildman–Crippen LogP) is -0.0456. The van der Waals surface area contributed by atoms with Crippen molar-refractivity contribution in [3.8, 4) is 0 Å². The van der Waals surface area contributed by atoms with E-state index in [0.717, 1.165) is 25.8 Å². The van der Waals surface area contributed by atoms with Gasteiger partial charge in [-0.05, 0) is 25.2 Å². The molecule has 4 atom stereocenters. The molecule has 3 rings (SSSR count). The fourth-order valence-corrected chi connectivity index (χ4v) is 2.84. The van der Waals surface area contributed by atoms with E-state index in [1.54, 1.807) is 0 Å². The quantitative estimate of drug-likeness (QED) is 0.548. The summed E-state index contributed by atoms with van der Waals surface area (Å²) in [5.74, 6) is 1.50. The van der Waals surface area contributed by atoms with Crippen molar-refractivity contribution < 1.29 is 4.79 Å². The fraction of sp³-hybridized carbons (Fsp3) is 0.889. The third kappa shape index (κ3) is 0.724. The highest BCUT2D eigenvalue weighted by molar-refractivity contribution is 5.85. The smallest absolute Gasteiger partial charge is 0.226 e. The largest absolute Gasteiger partial charge is 0.339 e. The molecule has 1 amide bonds. The number of hydrogen-bond donors (Lipinski definition) is 1. The standard InChI is InChI=1S/C9H14N2O/c10-5-1-2-11-8(3-5)6-4-7(6)9(11)12/h5-8H,1-4,10H2. The van der Waals surface area contributed by atoms with Gasteiger partial charge in [-0.3, -0.25) is 4.79 Å². The van der Waals surface area contributed by atoms with Crippen LogP contribution < -0.4 is 5.73 Å². The molecule has 1 saturated carbocycles. The highest BCUT2D eigenvalue weighted by atomic mass is 16.2. The van der Waals surface area contributed by atoms with Gasteiger partial charge < -0.3 is 10.6 Å². The molecule has 2 heterocycles. The van der Waals surface area contributed by atoms with E-state index in [1.165, 1.54) is 0 Å². The molecule has 0 aromatic heterocycles. The van der Waals surface area contributed by atoms with E-state index in [-0.39, 0.29) is 0 Å². The molecule has 0 aromatic carbocycles. The third-order valence-corrected chi connectivity index (χ3v) is 3.62. The summed E-state index contributed by atoms with van der Waals surface area (Å²) in [6, 6.07) is 0.865. The fourth-order valence-electron chi connectivity index (χ4n) is 2.84. The van der Waals surface area contributed by atoms with Gasteiger partial charge in [-0.25, -0.2) is 0 Å². The summed E-state index contributed by atoms with van der Waals surface area (Å²) in [6.45, 7) is 0.914. The van der Waals surface area contributed by atoms with Crippen LogP contribution in [0.15, 0.2) is 0 Å². The Hall–Kier alpha value is -0.570. The van der Waals surface area contributed by atoms with Gasteiger partial charge in [0.05, 0.1) is 0 Å². The van der Waals surface area contributed by atoms with Gasteiger partial charge in [0.15, 0.2) is 0 Å². The number of amides is 1. The van der Waals surface area contributed by atoms with E-state index in [1.807, 2.05) is 0 Å². The van der Waals surface area contributed by atoms with Crippen molar-refractivity contribution >= 4 is 5.91 Å². The first-order chi connectivity index (χ1) is 5.77. The monoisotopic (exact) mass is 166 g/mol. The van der Waals surface area contributed by atoms with Crippen molar-refractivity contribution in [2.24, 2.45) is 17.6 Å². The van der Waals surface area contributed by atoms with Gasteiger partial charge in [0.2, 0.25) is 5.91 Å². The molecule has 0 aromatic rings. The lowest BCUT2D eigenvalue weighted by molar-refractivity contribution is -0.132. The minimum atomic E-state index is 0.346. The molecule has 3 aliphatic rings. The van der Waals surface area contributed by atoms with Crippen LogP contribution in [0.3, 0.4) is 0 Å². The zero-order valence-corrected chi connectivity index (χ0v) is 7.07. The van der Waals surface area contributed by atoms with Crippen LogP contribution >= 0.6 is 0 Å². The van der Waals surface area contributed by atoms with Crippen LogP contribution in [0.1, 0.15) is 19.3 Å². The average Bonchev–Trinajstić information content (AvgIpc) is 2.77. The maximum absolute atomic E-state index is 11.6. The maximum atomic E-state index is 11.6. The lowest BCUT2D eigenvalue weighted by Crippen LogP contribution is -2.47. The van der Waals surface area contributed by atoms with E-state index < -0.39 is 0 Å². The van der Waals surface area contributed by atoms with E-state index in [0.29, 0.717) is 29.8 Å². The van der Waals surface area contributed by atoms with Crippen LogP contribution in [0.2, 0.25) is 0 Å². The molecule has 0 spiro atoms. The molecule has 2 aliphatic heterocycles. The van der Waals surface area contributed by atoms with Gasteiger partial charge >= 0.3 is 0 Å². The number of fused-ring (bicyclic) bond motifs is 3. The van der Waals surface area contributed by atoms with Gasteiger partial charge in [-0.2, -0.15) is 0 Å². The van der Waals surface area contributed by atoms with Gasteiger partial charge in [0.25, 0.3) is 0 Å². The summed E-state index contributed by atoms with van der Waals surface area (Å²) < 4.78 is 0. The molecule has 3 heteroatoms. The normalized spacial score (nSPS) is 50.4. The zero-order chi connectivity index (χ0) is 8.29. The maximum Gasteiger partial charge on any atom is 0.226 e. The molecule has 3 nitrogen and oxygen atoms in total. The molecule has 66 valence electrons. The van der Waals surface area contributed by atoms with Gasteiger partial charge in [-0.15, -0.1) is 0 Å². The van der Waals surface area contributed by atoms with Crippen LogP contribution in [-0.2, 0) is 4.79 Å². The molecular weight excluding hydrogens is 152 g/mol. The van der Waals surface area contributed by atoms with E-state index >= 15 is 0 Å². The van der Waals surface area contributed by atoms with Crippen LogP contribution in [0, 0.1) is 11.8 Å². The Balaban J connectivity index is 1.85. The topological polar surface area (TPSA) is 46.3 Å². The number of rotatable bonds is 0. The van der Waals surface area contributed by atoms with E-state index in [9.17, 15) is 4.79 Å². The SMILES string of the molecule is NC1CCN2C(=O)C3CC3C2C1. The van der Waals surface area contributed by atoms with Gasteiger partial charge in [0.1, 0.15) is 0 Å². The first-order valence-electron chi connectivity index (χ1n) is 4.83. The number of hydrogen-bond acceptors (Lipinski definition) is 2. The molecular formula is C9H14N2O. The minimum absolute atomic E-state index is 0.346. The lowest BCUT2D eigenvalue weighted by atomic mass is 9.96. The summed E-state index contributed by atoms with van der Waals surface area (Å²) in [4.78, 5) is 13.6. The number of carbonyl (C=O) groups is 1. The first-order valence-corrected chi connectivity index (χ1v) is 4.83. The first kappa shape index (κ1) is 6.89. The number of nitrogens with two attached hydrogens (primary N) is 1. The van der Waals surface area contributed by atoms with Crippen molar-refractivity contribution in [3.05, 3.63) is 0 Å². The molecule has 0 bridgehead atoms. The zero-order valence-electron chi connectivity index (χ0n) is 7.07. The van der Waals surface area contributed by atoms with Crippen LogP contribution in [0.5, 0.6) is 0 Å². The Labute approximate surface area is 71.9 Å². The Morgan fingerprint density at radius 1 is 1.42 bits per heavy atom. The average molecular weight is 166 g/mol. The minimum Gasteiger partial charge on any atom is -0.339 e. The number of piperidine rings is 2. The molecule has 12 heavy (non-hydrogen) atoms. The summed E-state index contributed by atoms with van der Waals surface area (Å²) in [5, 5.41) is 0. The summed E-state index contributed by atoms with van der Waals surface area (Å²) in [6.07, 6.45) is 3.20. The number of nitrogens with zero attached hydrogens (tertiary/aromatic N) is 1. The van der Waals surface area contributed by atoms with Crippen LogP contribution in [-0.4, -0.2) is 29.4 Å². The van der Waals surface area contributed by atoms with Crippen molar-refractivity contribution in [2.45, 2.75) is 31.3 Å². The van der Waals surface area contributed by atoms with Gasteiger partial charge in [0, 0.05) is 24.5 Å². The Bertz CT molecular complexity index is 241. The molecule has 2 saturated heterocycles. The van der Waals surface area contributed by atoms with Crippen molar-refractivity contribution in [1.82, 2.24) is 4.90 Å². The van der Waals surface area contributed by atoms with Crippen molar-refractivity contribution in [1.29, 1.82) is 0 Å². The van der Waals surface area contributed by atoms with Crippen LogP contribution in [0.4, 0.5) is 0 Å². The summed E-state index contributed by atoms with van der Waals surface area (Å²) in [5.41, 5.74) is 5.88. The van der Waals surface area contributed by atoms with E-state index in [2.05, 4.69) is 4.90 Å². The number of carbonyl (C=O) groups excluding carboxylic acids is 1. The van der Waals surface area contributed by atoms with Crippen molar-refractivity contribution in [2.75, 3.05) is 6.54 Å². The second-order valence-electron chi connectivity index (χ2n) is 4.39. The Morgan fingerprint density at radius 3 is 3.08 bits per heavy atom. The second kappa shape index (κ2) is 2.02. The lowest BCUT2D eigenvalue weighted by Gasteiger charge is -2.35. The van der Waals surface area contributed by atoms with E-state index in [4.69, 9.17) is 5.73 Å². The summed E-state index contributed by atoms with van der Waals surface area (Å²) >= 11 is 0. The Morgan fingerprint density at radius 2 is 2.25 bits per heavy atom. The summed E-state index contributed by atoms with van der Waals surface area (Å²) in [7, 11) is 0. The highest BCUT2D eigenvalue weighted by Gasteiger charge is 2.59. The molecule has 0 radical (unpaired) electrons. The Kier molecular flexibility index (Phi) is 1.16. The predicted molar refractivity (Wildman–Crippen MR) is 44.3 cm³/mol. The molecule has 4 unspecified atom stereocenters. The van der Waals surface area contributed by atoms with Crippen molar-refractivity contribution in [3.63, 3.8) is 0 Å². The highest BCUT2D eigenvalue weighted by Crippen LogP contribution is 2.52. The van der Waals surface area contributed by atoms with Gasteiger partial charge in [-0.1, -0.05) is 0 Å².